The summed E-state index contributed by atoms with van der Waals surface area (Å²) in [6.45, 7) is 2.16. The molecular formula is C20H18F2N4S2. The first-order chi connectivity index (χ1) is 13.6. The second-order valence-electron chi connectivity index (χ2n) is 7.20. The number of thiophene rings is 1. The topological polar surface area (TPSA) is 41.0 Å². The predicted molar refractivity (Wildman–Crippen MR) is 112 cm³/mol. The largest absolute Gasteiger partial charge is 0.350 e. The average Bonchev–Trinajstić information content (AvgIpc) is 3.32. The Hall–Kier alpha value is -2.16. The Bertz CT molecular complexity index is 1170. The van der Waals surface area contributed by atoms with Crippen molar-refractivity contribution in [3.8, 4) is 0 Å². The quantitative estimate of drug-likeness (QED) is 0.463. The second kappa shape index (κ2) is 7.02. The van der Waals surface area contributed by atoms with Gasteiger partial charge in [-0.2, -0.15) is 0 Å². The molecular weight excluding hydrogens is 398 g/mol. The lowest BCUT2D eigenvalue weighted by Crippen LogP contribution is -2.30. The molecule has 3 aromatic heterocycles. The van der Waals surface area contributed by atoms with Gasteiger partial charge in [0.15, 0.2) is 11.6 Å². The lowest BCUT2D eigenvalue weighted by Gasteiger charge is -2.28. The van der Waals surface area contributed by atoms with E-state index in [9.17, 15) is 8.78 Å². The van der Waals surface area contributed by atoms with E-state index >= 15 is 0 Å². The van der Waals surface area contributed by atoms with E-state index in [1.54, 1.807) is 23.6 Å². The zero-order chi connectivity index (χ0) is 19.3. The number of benzene rings is 1. The molecule has 4 aromatic rings. The van der Waals surface area contributed by atoms with E-state index in [1.807, 2.05) is 0 Å². The fraction of sp³-hybridized carbons (Fsp3) is 0.300. The third-order valence-electron chi connectivity index (χ3n) is 5.26. The average molecular weight is 417 g/mol. The van der Waals surface area contributed by atoms with Crippen molar-refractivity contribution in [2.75, 3.05) is 25.5 Å². The molecule has 1 aliphatic rings. The number of hydrogen-bond acceptors (Lipinski definition) is 6. The van der Waals surface area contributed by atoms with Gasteiger partial charge in [-0.15, -0.1) is 22.7 Å². The van der Waals surface area contributed by atoms with Crippen LogP contribution in [0.1, 0.15) is 23.6 Å². The lowest BCUT2D eigenvalue weighted by molar-refractivity contribution is 0.252. The maximum atomic E-state index is 14.8. The third-order valence-corrected chi connectivity index (χ3v) is 7.24. The van der Waals surface area contributed by atoms with Gasteiger partial charge >= 0.3 is 0 Å². The highest BCUT2D eigenvalue weighted by Crippen LogP contribution is 2.39. The van der Waals surface area contributed by atoms with Crippen LogP contribution in [0.4, 0.5) is 20.2 Å². The summed E-state index contributed by atoms with van der Waals surface area (Å²) in [5.74, 6) is -0.806. The van der Waals surface area contributed by atoms with Crippen molar-refractivity contribution >= 4 is 54.5 Å². The van der Waals surface area contributed by atoms with Gasteiger partial charge in [-0.25, -0.2) is 18.7 Å². The molecule has 8 heteroatoms. The van der Waals surface area contributed by atoms with Crippen LogP contribution in [-0.4, -0.2) is 35.0 Å². The molecule has 0 aliphatic carbocycles. The first-order valence-electron chi connectivity index (χ1n) is 9.15. The van der Waals surface area contributed by atoms with Crippen molar-refractivity contribution in [1.82, 2.24) is 14.9 Å². The number of likely N-dealkylation sites (tertiary alicyclic amines) is 1. The second-order valence-corrected chi connectivity index (χ2v) is 9.15. The Balaban J connectivity index is 1.55. The van der Waals surface area contributed by atoms with Crippen LogP contribution in [0.3, 0.4) is 0 Å². The SMILES string of the molecule is CN1CCCC(c2cc3c(Nc4c(F)cc5scnc5c4F)ccnc3s2)C1. The summed E-state index contributed by atoms with van der Waals surface area (Å²) in [6, 6.07) is 5.21. The van der Waals surface area contributed by atoms with Crippen LogP contribution in [0.5, 0.6) is 0 Å². The number of likely N-dealkylation sites (N-methyl/N-ethyl adjacent to an activating group) is 1. The number of aromatic nitrogens is 2. The van der Waals surface area contributed by atoms with Gasteiger partial charge in [-0.1, -0.05) is 0 Å². The van der Waals surface area contributed by atoms with Crippen LogP contribution in [0.15, 0.2) is 29.9 Å². The van der Waals surface area contributed by atoms with Gasteiger partial charge in [0.2, 0.25) is 0 Å². The van der Waals surface area contributed by atoms with Gasteiger partial charge in [0.25, 0.3) is 0 Å². The Morgan fingerprint density at radius 3 is 3.00 bits per heavy atom. The normalized spacial score (nSPS) is 18.2. The van der Waals surface area contributed by atoms with Crippen molar-refractivity contribution in [3.05, 3.63) is 46.4 Å². The minimum Gasteiger partial charge on any atom is -0.350 e. The Morgan fingerprint density at radius 1 is 1.25 bits per heavy atom. The number of pyridine rings is 1. The number of rotatable bonds is 3. The zero-order valence-electron chi connectivity index (χ0n) is 15.2. The smallest absolute Gasteiger partial charge is 0.176 e. The van der Waals surface area contributed by atoms with Gasteiger partial charge in [0, 0.05) is 28.9 Å². The Kier molecular flexibility index (Phi) is 4.49. The maximum absolute atomic E-state index is 14.8. The summed E-state index contributed by atoms with van der Waals surface area (Å²) >= 11 is 2.89. The van der Waals surface area contributed by atoms with Gasteiger partial charge in [0.05, 0.1) is 15.9 Å². The number of hydrogen-bond donors (Lipinski definition) is 1. The lowest BCUT2D eigenvalue weighted by atomic mass is 9.96. The number of halogens is 2. The molecule has 1 aliphatic heterocycles. The standard InChI is InChI=1S/C20H18F2N4S2/c1-26-6-2-3-11(9-26)15-7-12-14(4-5-23-20(12)28-15)25-18-13(21)8-16-19(17(18)22)24-10-27-16/h4-5,7-8,10-11H,2-3,6,9H2,1H3,(H,23,25). The molecule has 0 saturated carbocycles. The molecule has 28 heavy (non-hydrogen) atoms. The zero-order valence-corrected chi connectivity index (χ0v) is 16.8. The van der Waals surface area contributed by atoms with Gasteiger partial charge in [0.1, 0.15) is 16.0 Å². The summed E-state index contributed by atoms with van der Waals surface area (Å²) in [7, 11) is 2.14. The molecule has 4 heterocycles. The van der Waals surface area contributed by atoms with Gasteiger partial charge < -0.3 is 10.2 Å². The summed E-state index contributed by atoms with van der Waals surface area (Å²) in [4.78, 5) is 13.0. The minimum atomic E-state index is -0.662. The van der Waals surface area contributed by atoms with E-state index in [4.69, 9.17) is 0 Å². The van der Waals surface area contributed by atoms with Crippen molar-refractivity contribution in [3.63, 3.8) is 0 Å². The number of nitrogens with one attached hydrogen (secondary N) is 1. The van der Waals surface area contributed by atoms with E-state index in [0.29, 0.717) is 16.3 Å². The molecule has 5 rings (SSSR count). The highest BCUT2D eigenvalue weighted by molar-refractivity contribution is 7.18. The Morgan fingerprint density at radius 2 is 2.14 bits per heavy atom. The van der Waals surface area contributed by atoms with Crippen molar-refractivity contribution in [2.24, 2.45) is 0 Å². The fourth-order valence-corrected chi connectivity index (χ4v) is 5.70. The molecule has 0 spiro atoms. The number of piperidine rings is 1. The molecule has 0 radical (unpaired) electrons. The summed E-state index contributed by atoms with van der Waals surface area (Å²) in [6.07, 6.45) is 4.01. The van der Waals surface area contributed by atoms with Crippen LogP contribution in [-0.2, 0) is 0 Å². The van der Waals surface area contributed by atoms with Gasteiger partial charge in [-0.3, -0.25) is 0 Å². The molecule has 0 amide bonds. The molecule has 1 aromatic carbocycles. The minimum absolute atomic E-state index is 0.170. The highest BCUT2D eigenvalue weighted by Gasteiger charge is 2.22. The first-order valence-corrected chi connectivity index (χ1v) is 10.8. The number of nitrogens with zero attached hydrogens (tertiary/aromatic N) is 3. The van der Waals surface area contributed by atoms with E-state index in [-0.39, 0.29) is 11.2 Å². The summed E-state index contributed by atoms with van der Waals surface area (Å²) < 4.78 is 29.9. The van der Waals surface area contributed by atoms with Crippen LogP contribution in [0.25, 0.3) is 20.4 Å². The first kappa shape index (κ1) is 17.9. The van der Waals surface area contributed by atoms with Crippen LogP contribution in [0.2, 0.25) is 0 Å². The summed E-state index contributed by atoms with van der Waals surface area (Å²) in [5.41, 5.74) is 2.20. The maximum Gasteiger partial charge on any atom is 0.176 e. The Labute approximate surface area is 168 Å². The summed E-state index contributed by atoms with van der Waals surface area (Å²) in [5, 5.41) is 3.86. The number of thiazole rings is 1. The highest BCUT2D eigenvalue weighted by atomic mass is 32.1. The molecule has 1 saturated heterocycles. The number of anilines is 2. The molecule has 1 atom stereocenters. The molecule has 1 unspecified atom stereocenters. The molecule has 1 fully saturated rings. The molecule has 0 bridgehead atoms. The van der Waals surface area contributed by atoms with Gasteiger partial charge in [-0.05, 0) is 44.6 Å². The third kappa shape index (κ3) is 3.05. The van der Waals surface area contributed by atoms with Crippen LogP contribution >= 0.6 is 22.7 Å². The predicted octanol–water partition coefficient (Wildman–Crippen LogP) is 5.74. The van der Waals surface area contributed by atoms with Crippen LogP contribution in [0, 0.1) is 11.6 Å². The van der Waals surface area contributed by atoms with Crippen molar-refractivity contribution in [1.29, 1.82) is 0 Å². The van der Waals surface area contributed by atoms with E-state index < -0.39 is 11.6 Å². The fourth-order valence-electron chi connectivity index (χ4n) is 3.85. The van der Waals surface area contributed by atoms with Crippen molar-refractivity contribution < 1.29 is 8.78 Å². The molecule has 144 valence electrons. The van der Waals surface area contributed by atoms with E-state index in [2.05, 4.69) is 33.3 Å². The van der Waals surface area contributed by atoms with Crippen LogP contribution < -0.4 is 5.32 Å². The van der Waals surface area contributed by atoms with E-state index in [0.717, 1.165) is 29.7 Å². The van der Waals surface area contributed by atoms with E-state index in [1.165, 1.54) is 34.2 Å². The van der Waals surface area contributed by atoms with Crippen molar-refractivity contribution in [2.45, 2.75) is 18.8 Å². The molecule has 4 nitrogen and oxygen atoms in total. The monoisotopic (exact) mass is 416 g/mol. The molecule has 1 N–H and O–H groups in total. The number of fused-ring (bicyclic) bond motifs is 2.